The number of amides is 1. The smallest absolute Gasteiger partial charge is 0.228 e. The lowest BCUT2D eigenvalue weighted by atomic mass is 10.0. The van der Waals surface area contributed by atoms with Gasteiger partial charge in [0.05, 0.1) is 0 Å². The molecule has 0 aromatic heterocycles. The second-order valence-corrected chi connectivity index (χ2v) is 6.60. The monoisotopic (exact) mass is 260 g/mol. The summed E-state index contributed by atoms with van der Waals surface area (Å²) in [7, 11) is 0. The van der Waals surface area contributed by atoms with Crippen molar-refractivity contribution in [3.63, 3.8) is 0 Å². The Kier molecular flexibility index (Phi) is 3.43. The molecule has 0 bridgehead atoms. The Hall–Kier alpha value is -1.35. The van der Waals surface area contributed by atoms with E-state index in [1.165, 1.54) is 5.56 Å². The van der Waals surface area contributed by atoms with Crippen LogP contribution in [0.25, 0.3) is 0 Å². The molecule has 0 aliphatic heterocycles. The van der Waals surface area contributed by atoms with Gasteiger partial charge in [-0.3, -0.25) is 4.79 Å². The van der Waals surface area contributed by atoms with Crippen molar-refractivity contribution in [1.29, 1.82) is 0 Å². The third-order valence-corrected chi connectivity index (χ3v) is 4.94. The van der Waals surface area contributed by atoms with E-state index in [0.717, 1.165) is 12.1 Å². The molecule has 2 rings (SSSR count). The number of nitrogens with one attached hydrogen (secondary N) is 1. The van der Waals surface area contributed by atoms with Gasteiger partial charge in [-0.2, -0.15) is 0 Å². The van der Waals surface area contributed by atoms with E-state index < -0.39 is 0 Å². The van der Waals surface area contributed by atoms with E-state index in [1.54, 1.807) is 0 Å². The molecule has 1 aromatic rings. The maximum atomic E-state index is 12.3. The summed E-state index contributed by atoms with van der Waals surface area (Å²) in [5.41, 5.74) is 7.74. The maximum Gasteiger partial charge on any atom is 0.228 e. The third-order valence-electron chi connectivity index (χ3n) is 4.94. The van der Waals surface area contributed by atoms with Gasteiger partial charge < -0.3 is 11.1 Å². The topological polar surface area (TPSA) is 55.1 Å². The van der Waals surface area contributed by atoms with Gasteiger partial charge in [-0.25, -0.2) is 0 Å². The number of carbonyl (C=O) groups is 1. The van der Waals surface area contributed by atoms with Crippen molar-refractivity contribution >= 4 is 11.6 Å². The van der Waals surface area contributed by atoms with Crippen LogP contribution in [0, 0.1) is 16.7 Å². The van der Waals surface area contributed by atoms with Crippen LogP contribution < -0.4 is 11.1 Å². The first-order chi connectivity index (χ1) is 8.80. The first kappa shape index (κ1) is 14.1. The predicted octanol–water partition coefficient (Wildman–Crippen LogP) is 2.81. The molecule has 1 amide bonds. The quantitative estimate of drug-likeness (QED) is 0.874. The van der Waals surface area contributed by atoms with Crippen molar-refractivity contribution in [2.45, 2.75) is 34.1 Å². The van der Waals surface area contributed by atoms with E-state index in [-0.39, 0.29) is 22.7 Å². The molecule has 0 saturated heterocycles. The van der Waals surface area contributed by atoms with Crippen molar-refractivity contribution < 1.29 is 4.79 Å². The summed E-state index contributed by atoms with van der Waals surface area (Å²) in [6, 6.07) is 7.94. The molecule has 1 saturated carbocycles. The fraction of sp³-hybridized carbons (Fsp3) is 0.562. The standard InChI is InChI=1S/C16H24N2O/c1-15(2)13(16(15,3)4)14(19)18-12-7-5-11(6-8-12)9-10-17/h5-8,13H,9-10,17H2,1-4H3,(H,18,19). The van der Waals surface area contributed by atoms with Crippen LogP contribution in [-0.4, -0.2) is 12.5 Å². The van der Waals surface area contributed by atoms with E-state index in [4.69, 9.17) is 5.73 Å². The Morgan fingerprint density at radius 3 is 2.11 bits per heavy atom. The highest BCUT2D eigenvalue weighted by Gasteiger charge is 2.68. The molecule has 19 heavy (non-hydrogen) atoms. The van der Waals surface area contributed by atoms with Gasteiger partial charge in [-0.15, -0.1) is 0 Å². The zero-order chi connectivity index (χ0) is 14.3. The molecule has 3 heteroatoms. The van der Waals surface area contributed by atoms with E-state index in [0.29, 0.717) is 6.54 Å². The van der Waals surface area contributed by atoms with Crippen molar-refractivity contribution in [3.05, 3.63) is 29.8 Å². The number of carbonyl (C=O) groups excluding carboxylic acids is 1. The van der Waals surface area contributed by atoms with Crippen LogP contribution in [0.15, 0.2) is 24.3 Å². The normalized spacial score (nSPS) is 20.1. The number of hydrogen-bond acceptors (Lipinski definition) is 2. The van der Waals surface area contributed by atoms with Crippen LogP contribution in [0.3, 0.4) is 0 Å². The van der Waals surface area contributed by atoms with Gasteiger partial charge in [-0.05, 0) is 41.5 Å². The second kappa shape index (κ2) is 4.64. The lowest BCUT2D eigenvalue weighted by Crippen LogP contribution is -2.17. The molecular formula is C16H24N2O. The van der Waals surface area contributed by atoms with Crippen LogP contribution in [0.1, 0.15) is 33.3 Å². The highest BCUT2D eigenvalue weighted by Crippen LogP contribution is 2.68. The molecule has 104 valence electrons. The third kappa shape index (κ3) is 2.39. The number of nitrogens with two attached hydrogens (primary N) is 1. The molecular weight excluding hydrogens is 236 g/mol. The average molecular weight is 260 g/mol. The minimum Gasteiger partial charge on any atom is -0.330 e. The molecule has 0 unspecified atom stereocenters. The summed E-state index contributed by atoms with van der Waals surface area (Å²) in [5.74, 6) is 0.213. The Balaban J connectivity index is 2.01. The van der Waals surface area contributed by atoms with Gasteiger partial charge in [0.15, 0.2) is 0 Å². The van der Waals surface area contributed by atoms with E-state index >= 15 is 0 Å². The predicted molar refractivity (Wildman–Crippen MR) is 78.9 cm³/mol. The van der Waals surface area contributed by atoms with E-state index in [1.807, 2.05) is 24.3 Å². The van der Waals surface area contributed by atoms with Gasteiger partial charge in [0, 0.05) is 11.6 Å². The molecule has 1 aliphatic rings. The molecule has 3 N–H and O–H groups in total. The first-order valence-electron chi connectivity index (χ1n) is 6.90. The summed E-state index contributed by atoms with van der Waals surface area (Å²) in [6.45, 7) is 9.27. The van der Waals surface area contributed by atoms with Crippen LogP contribution in [-0.2, 0) is 11.2 Å². The molecule has 0 radical (unpaired) electrons. The molecule has 1 aliphatic carbocycles. The number of hydrogen-bond donors (Lipinski definition) is 2. The Labute approximate surface area is 115 Å². The number of rotatable bonds is 4. The Morgan fingerprint density at radius 2 is 1.68 bits per heavy atom. The summed E-state index contributed by atoms with van der Waals surface area (Å²) in [6.07, 6.45) is 0.872. The summed E-state index contributed by atoms with van der Waals surface area (Å²) in [4.78, 5) is 12.3. The molecule has 3 nitrogen and oxygen atoms in total. The van der Waals surface area contributed by atoms with Gasteiger partial charge >= 0.3 is 0 Å². The van der Waals surface area contributed by atoms with Crippen molar-refractivity contribution in [1.82, 2.24) is 0 Å². The van der Waals surface area contributed by atoms with Crippen LogP contribution in [0.5, 0.6) is 0 Å². The van der Waals surface area contributed by atoms with Gasteiger partial charge in [0.2, 0.25) is 5.91 Å². The first-order valence-corrected chi connectivity index (χ1v) is 6.90. The molecule has 1 aromatic carbocycles. The largest absolute Gasteiger partial charge is 0.330 e. The number of benzene rings is 1. The fourth-order valence-electron chi connectivity index (χ4n) is 2.99. The zero-order valence-electron chi connectivity index (χ0n) is 12.3. The molecule has 0 spiro atoms. The molecule has 0 atom stereocenters. The summed E-state index contributed by atoms with van der Waals surface area (Å²) >= 11 is 0. The highest BCUT2D eigenvalue weighted by atomic mass is 16.2. The van der Waals surface area contributed by atoms with Crippen LogP contribution in [0.2, 0.25) is 0 Å². The number of anilines is 1. The SMILES string of the molecule is CC1(C)C(C(=O)Nc2ccc(CCN)cc2)C1(C)C. The minimum absolute atomic E-state index is 0.0799. The Bertz CT molecular complexity index is 460. The van der Waals surface area contributed by atoms with Crippen LogP contribution in [0.4, 0.5) is 5.69 Å². The van der Waals surface area contributed by atoms with Crippen molar-refractivity contribution in [2.75, 3.05) is 11.9 Å². The maximum absolute atomic E-state index is 12.3. The average Bonchev–Trinajstić information content (AvgIpc) is 2.72. The second-order valence-electron chi connectivity index (χ2n) is 6.60. The lowest BCUT2D eigenvalue weighted by molar-refractivity contribution is -0.118. The van der Waals surface area contributed by atoms with Crippen molar-refractivity contribution in [3.8, 4) is 0 Å². The van der Waals surface area contributed by atoms with Gasteiger partial charge in [0.1, 0.15) is 0 Å². The summed E-state index contributed by atoms with van der Waals surface area (Å²) < 4.78 is 0. The highest BCUT2D eigenvalue weighted by molar-refractivity contribution is 5.96. The fourth-order valence-corrected chi connectivity index (χ4v) is 2.99. The lowest BCUT2D eigenvalue weighted by Gasteiger charge is -2.07. The van der Waals surface area contributed by atoms with Gasteiger partial charge in [0.25, 0.3) is 0 Å². The summed E-state index contributed by atoms with van der Waals surface area (Å²) in [5, 5.41) is 3.01. The molecule has 0 heterocycles. The van der Waals surface area contributed by atoms with E-state index in [2.05, 4.69) is 33.0 Å². The zero-order valence-corrected chi connectivity index (χ0v) is 12.3. The van der Waals surface area contributed by atoms with E-state index in [9.17, 15) is 4.79 Å². The molecule has 1 fully saturated rings. The Morgan fingerprint density at radius 1 is 1.16 bits per heavy atom. The van der Waals surface area contributed by atoms with Crippen LogP contribution >= 0.6 is 0 Å². The minimum atomic E-state index is 0.0799. The van der Waals surface area contributed by atoms with Gasteiger partial charge in [-0.1, -0.05) is 39.8 Å². The van der Waals surface area contributed by atoms with Crippen molar-refractivity contribution in [2.24, 2.45) is 22.5 Å².